The number of rotatable bonds is 7. The molecule has 7 nitrogen and oxygen atoms in total. The van der Waals surface area contributed by atoms with Crippen LogP contribution in [0.3, 0.4) is 0 Å². The molecule has 2 unspecified atom stereocenters. The van der Waals surface area contributed by atoms with E-state index in [1.165, 1.54) is 24.3 Å². The normalized spacial score (nSPS) is 19.6. The van der Waals surface area contributed by atoms with Gasteiger partial charge in [0.2, 0.25) is 0 Å². The van der Waals surface area contributed by atoms with Crippen molar-refractivity contribution in [1.82, 2.24) is 4.90 Å². The lowest BCUT2D eigenvalue weighted by Gasteiger charge is -2.24. The number of benzene rings is 2. The lowest BCUT2D eigenvalue weighted by atomic mass is 10.0. The first kappa shape index (κ1) is 25.4. The van der Waals surface area contributed by atoms with Crippen molar-refractivity contribution in [3.8, 4) is 5.75 Å². The highest BCUT2D eigenvalue weighted by atomic mass is 32.1. The molecule has 2 aromatic carbocycles. The summed E-state index contributed by atoms with van der Waals surface area (Å²) < 4.78 is 49.6. The minimum Gasteiger partial charge on any atom is -0.459 e. The number of halogens is 2. The maximum absolute atomic E-state index is 15.6. The highest BCUT2D eigenvalue weighted by Gasteiger charge is 2.51. The highest BCUT2D eigenvalue weighted by molar-refractivity contribution is 7.79. The average Bonchev–Trinajstić information content (AvgIpc) is 3.16. The van der Waals surface area contributed by atoms with Gasteiger partial charge in [0.05, 0.1) is 12.6 Å². The molecule has 0 bridgehead atoms. The Morgan fingerprint density at radius 1 is 1.12 bits per heavy atom. The van der Waals surface area contributed by atoms with E-state index >= 15 is 4.39 Å². The molecule has 0 spiro atoms. The Hall–Kier alpha value is -3.27. The van der Waals surface area contributed by atoms with Crippen LogP contribution in [-0.4, -0.2) is 53.2 Å². The number of esters is 1. The largest absolute Gasteiger partial charge is 0.459 e. The van der Waals surface area contributed by atoms with Crippen LogP contribution in [0.5, 0.6) is 5.75 Å². The molecule has 0 aliphatic carbocycles. The Morgan fingerprint density at radius 3 is 2.44 bits per heavy atom. The Kier molecular flexibility index (Phi) is 8.38. The number of alkyl halides is 1. The lowest BCUT2D eigenvalue weighted by Crippen LogP contribution is -2.43. The summed E-state index contributed by atoms with van der Waals surface area (Å²) in [4.78, 5) is 26.3. The van der Waals surface area contributed by atoms with Crippen LogP contribution in [0.15, 0.2) is 54.6 Å². The molecule has 182 valence electrons. The number of hydrogen-bond acceptors (Lipinski definition) is 7. The number of carbonyl (C=O) groups excluding carboxylic acids is 2. The molecule has 1 aliphatic heterocycles. The topological polar surface area (TPSA) is 74.3 Å². The van der Waals surface area contributed by atoms with Gasteiger partial charge in [0.25, 0.3) is 0 Å². The second kappa shape index (κ2) is 11.2. The number of nitrogens with zero attached hydrogens (tertiary/aromatic N) is 1. The number of thiocarbonyl (C=S) groups is 1. The summed E-state index contributed by atoms with van der Waals surface area (Å²) in [5.74, 6) is -0.990. The van der Waals surface area contributed by atoms with Crippen molar-refractivity contribution >= 4 is 29.5 Å². The van der Waals surface area contributed by atoms with Crippen molar-refractivity contribution in [2.45, 2.75) is 44.7 Å². The summed E-state index contributed by atoms with van der Waals surface area (Å²) in [6, 6.07) is 12.8. The Balaban J connectivity index is 1.63. The minimum absolute atomic E-state index is 0.0192. The molecule has 3 rings (SSSR count). The second-order valence-corrected chi connectivity index (χ2v) is 8.45. The minimum atomic E-state index is -2.11. The van der Waals surface area contributed by atoms with Gasteiger partial charge in [-0.15, -0.1) is 0 Å². The number of likely N-dealkylation sites (tertiary alicyclic amines) is 1. The number of hydrogen-bond donors (Lipinski definition) is 0. The summed E-state index contributed by atoms with van der Waals surface area (Å²) >= 11 is 4.97. The van der Waals surface area contributed by atoms with Crippen molar-refractivity contribution in [3.63, 3.8) is 0 Å². The van der Waals surface area contributed by atoms with Gasteiger partial charge in [0.1, 0.15) is 30.8 Å². The zero-order chi connectivity index (χ0) is 24.7. The molecule has 1 aliphatic rings. The SMILES string of the molecule is CC(C)OC(=O)N1CC(F)(COC(=S)Oc2ccc(F)cc2)CC1C(=O)OCc1ccccc1. The van der Waals surface area contributed by atoms with E-state index in [9.17, 15) is 14.0 Å². The number of ether oxygens (including phenoxy) is 4. The van der Waals surface area contributed by atoms with Crippen LogP contribution in [0.2, 0.25) is 0 Å². The van der Waals surface area contributed by atoms with E-state index in [2.05, 4.69) is 0 Å². The van der Waals surface area contributed by atoms with E-state index in [0.29, 0.717) is 0 Å². The molecule has 0 N–H and O–H groups in total. The van der Waals surface area contributed by atoms with Gasteiger partial charge in [0.15, 0.2) is 5.67 Å². The van der Waals surface area contributed by atoms with E-state index in [1.54, 1.807) is 38.1 Å². The summed E-state index contributed by atoms with van der Waals surface area (Å²) in [6.45, 7) is 2.25. The second-order valence-electron chi connectivity index (χ2n) is 8.12. The first-order chi connectivity index (χ1) is 16.1. The third-order valence-electron chi connectivity index (χ3n) is 4.92. The van der Waals surface area contributed by atoms with Crippen LogP contribution in [0.4, 0.5) is 13.6 Å². The van der Waals surface area contributed by atoms with Gasteiger partial charge in [-0.1, -0.05) is 30.3 Å². The van der Waals surface area contributed by atoms with Gasteiger partial charge in [-0.25, -0.2) is 18.4 Å². The van der Waals surface area contributed by atoms with E-state index in [0.717, 1.165) is 10.5 Å². The van der Waals surface area contributed by atoms with Crippen LogP contribution >= 0.6 is 12.2 Å². The molecular formula is C24H25F2NO6S. The zero-order valence-electron chi connectivity index (χ0n) is 18.7. The van der Waals surface area contributed by atoms with Crippen LogP contribution in [0.1, 0.15) is 25.8 Å². The monoisotopic (exact) mass is 493 g/mol. The molecule has 10 heteroatoms. The Bertz CT molecular complexity index is 1000. The van der Waals surface area contributed by atoms with Gasteiger partial charge in [-0.05, 0) is 43.7 Å². The molecule has 1 heterocycles. The maximum atomic E-state index is 15.6. The summed E-state index contributed by atoms with van der Waals surface area (Å²) in [7, 11) is 0. The van der Waals surface area contributed by atoms with Crippen molar-refractivity contribution < 1.29 is 37.3 Å². The predicted molar refractivity (Wildman–Crippen MR) is 122 cm³/mol. The first-order valence-corrected chi connectivity index (χ1v) is 11.0. The molecule has 2 aromatic rings. The molecule has 0 aromatic heterocycles. The fraction of sp³-hybridized carbons (Fsp3) is 0.375. The van der Waals surface area contributed by atoms with Crippen LogP contribution in [-0.2, 0) is 25.6 Å². The molecule has 0 saturated carbocycles. The van der Waals surface area contributed by atoms with Crippen molar-refractivity contribution in [3.05, 3.63) is 66.0 Å². The zero-order valence-corrected chi connectivity index (χ0v) is 19.6. The van der Waals surface area contributed by atoms with Gasteiger partial charge in [0, 0.05) is 18.6 Å². The van der Waals surface area contributed by atoms with Crippen molar-refractivity contribution in [1.29, 1.82) is 0 Å². The van der Waals surface area contributed by atoms with E-state index in [-0.39, 0.29) is 24.0 Å². The molecule has 0 radical (unpaired) electrons. The fourth-order valence-corrected chi connectivity index (χ4v) is 3.51. The summed E-state index contributed by atoms with van der Waals surface area (Å²) in [5.41, 5.74) is -1.36. The van der Waals surface area contributed by atoms with Gasteiger partial charge in [-0.2, -0.15) is 0 Å². The van der Waals surface area contributed by atoms with Crippen LogP contribution in [0, 0.1) is 5.82 Å². The standard InChI is InChI=1S/C24H25F2NO6S/c1-16(2)32-22(29)27-14-24(26,15-31-23(34)33-19-10-8-18(25)9-11-19)12-20(27)21(28)30-13-17-6-4-3-5-7-17/h3-11,16,20H,12-15H2,1-2H3. The maximum Gasteiger partial charge on any atom is 0.410 e. The van der Waals surface area contributed by atoms with Gasteiger partial charge < -0.3 is 18.9 Å². The molecule has 1 amide bonds. The molecule has 34 heavy (non-hydrogen) atoms. The Labute approximate surface area is 201 Å². The summed E-state index contributed by atoms with van der Waals surface area (Å²) in [6.07, 6.45) is -1.66. The van der Waals surface area contributed by atoms with Crippen LogP contribution in [0.25, 0.3) is 0 Å². The number of amides is 1. The predicted octanol–water partition coefficient (Wildman–Crippen LogP) is 4.58. The lowest BCUT2D eigenvalue weighted by molar-refractivity contribution is -0.150. The van der Waals surface area contributed by atoms with E-state index < -0.39 is 48.8 Å². The van der Waals surface area contributed by atoms with Gasteiger partial charge in [-0.3, -0.25) is 4.90 Å². The molecular weight excluding hydrogens is 468 g/mol. The van der Waals surface area contributed by atoms with Crippen molar-refractivity contribution in [2.75, 3.05) is 13.2 Å². The van der Waals surface area contributed by atoms with E-state index in [1.807, 2.05) is 6.07 Å². The molecule has 1 saturated heterocycles. The first-order valence-electron chi connectivity index (χ1n) is 10.6. The Morgan fingerprint density at radius 2 is 1.79 bits per heavy atom. The van der Waals surface area contributed by atoms with Gasteiger partial charge >= 0.3 is 17.3 Å². The smallest absolute Gasteiger partial charge is 0.410 e. The third-order valence-corrected chi connectivity index (χ3v) is 5.12. The number of carbonyl (C=O) groups is 2. The summed E-state index contributed by atoms with van der Waals surface area (Å²) in [5, 5.41) is -0.380. The molecule has 1 fully saturated rings. The quantitative estimate of drug-likeness (QED) is 0.413. The average molecular weight is 494 g/mol. The van der Waals surface area contributed by atoms with Crippen LogP contribution < -0.4 is 4.74 Å². The highest BCUT2D eigenvalue weighted by Crippen LogP contribution is 2.33. The van der Waals surface area contributed by atoms with E-state index in [4.69, 9.17) is 31.2 Å². The van der Waals surface area contributed by atoms with Crippen molar-refractivity contribution in [2.24, 2.45) is 0 Å². The third kappa shape index (κ3) is 7.11. The molecule has 2 atom stereocenters. The fourth-order valence-electron chi connectivity index (χ4n) is 3.35.